The van der Waals surface area contributed by atoms with E-state index >= 15 is 0 Å². The van der Waals surface area contributed by atoms with Crippen LogP contribution in [0.5, 0.6) is 0 Å². The molecule has 0 aromatic heterocycles. The third-order valence-corrected chi connectivity index (χ3v) is 2.84. The molecule has 7 atom stereocenters. The Morgan fingerprint density at radius 2 is 1.89 bits per heavy atom. The molecule has 0 amide bonds. The Morgan fingerprint density at radius 1 is 1.37 bits per heavy atom. The third-order valence-electron chi connectivity index (χ3n) is 2.84. The average Bonchev–Trinajstić information content (AvgIpc) is 2.38. The topological polar surface area (TPSA) is 151 Å². The van der Waals surface area contributed by atoms with Crippen LogP contribution >= 0.6 is 0 Å². The van der Waals surface area contributed by atoms with Gasteiger partial charge in [-0.25, -0.2) is 8.78 Å². The number of carbonyl (C=O) groups is 1. The second-order valence-corrected chi connectivity index (χ2v) is 4.14. The van der Waals surface area contributed by atoms with E-state index in [9.17, 15) is 34.0 Å². The van der Waals surface area contributed by atoms with Crippen LogP contribution in [0.2, 0.25) is 0 Å². The number of halogens is 2. The summed E-state index contributed by atoms with van der Waals surface area (Å²) >= 11 is 0. The number of carboxylic acids is 1. The van der Waals surface area contributed by atoms with Gasteiger partial charge in [0.2, 0.25) is 0 Å². The van der Waals surface area contributed by atoms with E-state index in [-0.39, 0.29) is 0 Å². The average molecular weight is 287 g/mol. The van der Waals surface area contributed by atoms with E-state index in [1.807, 2.05) is 0 Å². The molecule has 10 heteroatoms. The van der Waals surface area contributed by atoms with E-state index in [2.05, 4.69) is 4.74 Å². The number of carbonyl (C=O) groups excluding carboxylic acids is 1. The van der Waals surface area contributed by atoms with Crippen molar-refractivity contribution in [3.63, 3.8) is 0 Å². The molecule has 0 bridgehead atoms. The van der Waals surface area contributed by atoms with Crippen molar-refractivity contribution in [1.29, 1.82) is 0 Å². The highest BCUT2D eigenvalue weighted by Crippen LogP contribution is 2.35. The Morgan fingerprint density at radius 3 is 2.32 bits per heavy atom. The molecule has 19 heavy (non-hydrogen) atoms. The van der Waals surface area contributed by atoms with Crippen LogP contribution < -0.4 is 5.11 Å². The summed E-state index contributed by atoms with van der Waals surface area (Å²) in [5, 5.41) is 56.2. The van der Waals surface area contributed by atoms with Gasteiger partial charge in [0, 0.05) is 0 Å². The Hall–Kier alpha value is -0.910. The summed E-state index contributed by atoms with van der Waals surface area (Å²) in [5.41, 5.74) is 0. The zero-order chi connectivity index (χ0) is 15.0. The molecule has 0 spiro atoms. The summed E-state index contributed by atoms with van der Waals surface area (Å²) in [5.74, 6) is -6.75. The van der Waals surface area contributed by atoms with Crippen molar-refractivity contribution in [2.45, 2.75) is 42.5 Å². The molecule has 0 aromatic rings. The van der Waals surface area contributed by atoms with Gasteiger partial charge in [0.1, 0.15) is 36.5 Å². The number of ether oxygens (including phenoxy) is 1. The summed E-state index contributed by atoms with van der Waals surface area (Å²) in [4.78, 5) is 10.5. The summed E-state index contributed by atoms with van der Waals surface area (Å²) in [6, 6.07) is 0. The molecule has 8 nitrogen and oxygen atoms in total. The lowest BCUT2D eigenvalue weighted by Crippen LogP contribution is -2.69. The Bertz CT molecular complexity index is 338. The number of aliphatic hydroxyl groups is 5. The molecule has 1 aliphatic rings. The molecule has 1 saturated heterocycles. The van der Waals surface area contributed by atoms with Gasteiger partial charge in [0.15, 0.2) is 6.17 Å². The van der Waals surface area contributed by atoms with E-state index in [4.69, 9.17) is 10.2 Å². The molecule has 1 heterocycles. The zero-order valence-electron chi connectivity index (χ0n) is 9.39. The number of carboxylic acid groups (broad SMARTS) is 1. The lowest BCUT2D eigenvalue weighted by atomic mass is 9.90. The number of hydrogen-bond donors (Lipinski definition) is 5. The molecular formula is C9H13F2O8-. The zero-order valence-corrected chi connectivity index (χ0v) is 9.39. The van der Waals surface area contributed by atoms with Crippen LogP contribution in [-0.2, 0) is 9.53 Å². The molecular weight excluding hydrogens is 274 g/mol. The first-order chi connectivity index (χ1) is 8.66. The van der Waals surface area contributed by atoms with Crippen molar-refractivity contribution < 1.29 is 49.0 Å². The maximum Gasteiger partial charge on any atom is 0.284 e. The Labute approximate surface area is 105 Å². The first-order valence-electron chi connectivity index (χ1n) is 5.22. The van der Waals surface area contributed by atoms with Gasteiger partial charge in [-0.1, -0.05) is 0 Å². The molecule has 1 fully saturated rings. The van der Waals surface area contributed by atoms with E-state index in [0.717, 1.165) is 0 Å². The Balaban J connectivity index is 3.04. The third kappa shape index (κ3) is 2.68. The summed E-state index contributed by atoms with van der Waals surface area (Å²) in [6.45, 7) is -1.02. The van der Waals surface area contributed by atoms with Gasteiger partial charge >= 0.3 is 0 Å². The standard InChI is InChI=1S/C9H14F2O8/c10-7-5(16)4(15)6(3(14)2(13)1-12)19-9(7,11)8(17)18/h2-7,12-16H,1H2,(H,17,18)/p-1/t2-,3-,4-,5+,6?,7?,9-/m1/s1. The van der Waals surface area contributed by atoms with Gasteiger partial charge < -0.3 is 40.2 Å². The molecule has 2 unspecified atom stereocenters. The number of hydrogen-bond acceptors (Lipinski definition) is 8. The van der Waals surface area contributed by atoms with Crippen molar-refractivity contribution in [2.24, 2.45) is 0 Å². The molecule has 1 rings (SSSR count). The van der Waals surface area contributed by atoms with Crippen LogP contribution in [0.25, 0.3) is 0 Å². The molecule has 5 N–H and O–H groups in total. The van der Waals surface area contributed by atoms with Crippen molar-refractivity contribution in [3.05, 3.63) is 0 Å². The molecule has 0 radical (unpaired) electrons. The van der Waals surface area contributed by atoms with E-state index in [0.29, 0.717) is 0 Å². The van der Waals surface area contributed by atoms with Gasteiger partial charge in [0.05, 0.1) is 6.61 Å². The van der Waals surface area contributed by atoms with Crippen LogP contribution in [0.3, 0.4) is 0 Å². The fraction of sp³-hybridized carbons (Fsp3) is 0.889. The lowest BCUT2D eigenvalue weighted by Gasteiger charge is -2.45. The van der Waals surface area contributed by atoms with Gasteiger partial charge in [-0.2, -0.15) is 0 Å². The normalized spacial score (nSPS) is 42.7. The van der Waals surface area contributed by atoms with E-state index in [1.54, 1.807) is 0 Å². The van der Waals surface area contributed by atoms with Crippen molar-refractivity contribution in [3.8, 4) is 0 Å². The number of rotatable bonds is 4. The monoisotopic (exact) mass is 287 g/mol. The maximum atomic E-state index is 13.7. The second-order valence-electron chi connectivity index (χ2n) is 4.14. The van der Waals surface area contributed by atoms with Crippen molar-refractivity contribution >= 4 is 5.97 Å². The molecule has 0 aromatic carbocycles. The van der Waals surface area contributed by atoms with Crippen molar-refractivity contribution in [2.75, 3.05) is 6.61 Å². The van der Waals surface area contributed by atoms with Crippen LogP contribution in [0.1, 0.15) is 0 Å². The highest BCUT2D eigenvalue weighted by atomic mass is 19.2. The summed E-state index contributed by atoms with van der Waals surface area (Å²) < 4.78 is 31.1. The first kappa shape index (κ1) is 16.1. The van der Waals surface area contributed by atoms with Crippen molar-refractivity contribution in [1.82, 2.24) is 0 Å². The predicted octanol–water partition coefficient (Wildman–Crippen LogP) is -4.43. The smallest absolute Gasteiger partial charge is 0.284 e. The number of alkyl halides is 2. The lowest BCUT2D eigenvalue weighted by molar-refractivity contribution is -0.377. The fourth-order valence-corrected chi connectivity index (χ4v) is 1.68. The molecule has 0 aliphatic carbocycles. The van der Waals surface area contributed by atoms with Gasteiger partial charge in [0.25, 0.3) is 5.85 Å². The summed E-state index contributed by atoms with van der Waals surface area (Å²) in [6.07, 6.45) is -14.1. The van der Waals surface area contributed by atoms with Gasteiger partial charge in [-0.15, -0.1) is 0 Å². The minimum atomic E-state index is -4.10. The summed E-state index contributed by atoms with van der Waals surface area (Å²) in [7, 11) is 0. The van der Waals surface area contributed by atoms with Gasteiger partial charge in [-0.05, 0) is 0 Å². The number of aliphatic carboxylic acids is 1. The Kier molecular flexibility index (Phi) is 4.76. The molecule has 0 saturated carbocycles. The second kappa shape index (κ2) is 5.61. The van der Waals surface area contributed by atoms with Gasteiger partial charge in [-0.3, -0.25) is 0 Å². The van der Waals surface area contributed by atoms with Crippen LogP contribution in [0.15, 0.2) is 0 Å². The predicted molar refractivity (Wildman–Crippen MR) is 49.7 cm³/mol. The molecule has 1 aliphatic heterocycles. The van der Waals surface area contributed by atoms with Crippen LogP contribution in [-0.4, -0.2) is 80.7 Å². The largest absolute Gasteiger partial charge is 0.544 e. The molecule has 112 valence electrons. The number of aliphatic hydroxyl groups excluding tert-OH is 5. The van der Waals surface area contributed by atoms with E-state index in [1.165, 1.54) is 0 Å². The highest BCUT2D eigenvalue weighted by molar-refractivity contribution is 5.74. The highest BCUT2D eigenvalue weighted by Gasteiger charge is 2.58. The van der Waals surface area contributed by atoms with E-state index < -0.39 is 55.1 Å². The minimum Gasteiger partial charge on any atom is -0.544 e. The first-order valence-corrected chi connectivity index (χ1v) is 5.22. The SMILES string of the molecule is O=C([O-])[C@]1(F)OC([C@H](O)[C@H](O)CO)[C@H](O)[C@H](O)C1F. The minimum absolute atomic E-state index is 1.02. The maximum absolute atomic E-state index is 13.7. The fourth-order valence-electron chi connectivity index (χ4n) is 1.68. The van der Waals surface area contributed by atoms with Crippen LogP contribution in [0.4, 0.5) is 8.78 Å². The quantitative estimate of drug-likeness (QED) is 0.347. The van der Waals surface area contributed by atoms with Crippen LogP contribution in [0, 0.1) is 0 Å².